The van der Waals surface area contributed by atoms with E-state index in [0.717, 1.165) is 11.3 Å². The van der Waals surface area contributed by atoms with E-state index in [1.807, 2.05) is 31.2 Å². The highest BCUT2D eigenvalue weighted by molar-refractivity contribution is 5.33. The van der Waals surface area contributed by atoms with Crippen LogP contribution in [-0.2, 0) is 6.42 Å². The van der Waals surface area contributed by atoms with Crippen LogP contribution in [-0.4, -0.2) is 26.1 Å². The van der Waals surface area contributed by atoms with Crippen molar-refractivity contribution in [1.29, 1.82) is 0 Å². The number of methoxy groups -OCH3 is 1. The fourth-order valence-corrected chi connectivity index (χ4v) is 1.56. The average molecular weight is 229 g/mol. The molecule has 1 aromatic carbocycles. The summed E-state index contributed by atoms with van der Waals surface area (Å²) in [5, 5.41) is 2.78. The molecule has 1 rings (SSSR count). The van der Waals surface area contributed by atoms with Crippen molar-refractivity contribution in [2.75, 3.05) is 13.7 Å². The maximum Gasteiger partial charge on any atom is 0.250 e. The summed E-state index contributed by atoms with van der Waals surface area (Å²) in [6.07, 6.45) is -1.63. The molecule has 0 bridgehead atoms. The fourth-order valence-electron chi connectivity index (χ4n) is 1.56. The van der Waals surface area contributed by atoms with Crippen molar-refractivity contribution < 1.29 is 13.5 Å². The molecule has 2 nitrogen and oxygen atoms in total. The second-order valence-electron chi connectivity index (χ2n) is 3.72. The van der Waals surface area contributed by atoms with E-state index in [1.54, 1.807) is 7.11 Å². The van der Waals surface area contributed by atoms with E-state index in [1.165, 1.54) is 0 Å². The predicted molar refractivity (Wildman–Crippen MR) is 60.2 cm³/mol. The summed E-state index contributed by atoms with van der Waals surface area (Å²) in [4.78, 5) is 0. The minimum absolute atomic E-state index is 0.00491. The second kappa shape index (κ2) is 6.43. The molecule has 0 fully saturated rings. The van der Waals surface area contributed by atoms with E-state index in [2.05, 4.69) is 5.32 Å². The Morgan fingerprint density at radius 2 is 2.00 bits per heavy atom. The first-order valence-corrected chi connectivity index (χ1v) is 5.27. The van der Waals surface area contributed by atoms with Gasteiger partial charge in [-0.25, -0.2) is 8.78 Å². The molecular weight excluding hydrogens is 212 g/mol. The summed E-state index contributed by atoms with van der Waals surface area (Å²) >= 11 is 0. The Kier molecular flexibility index (Phi) is 5.19. The number of para-hydroxylation sites is 1. The molecule has 1 unspecified atom stereocenters. The largest absolute Gasteiger partial charge is 0.496 e. The average Bonchev–Trinajstić information content (AvgIpc) is 2.27. The molecule has 0 aromatic heterocycles. The highest BCUT2D eigenvalue weighted by atomic mass is 19.3. The normalized spacial score (nSPS) is 12.8. The number of halogens is 2. The first kappa shape index (κ1) is 12.9. The van der Waals surface area contributed by atoms with Crippen LogP contribution in [0, 0.1) is 0 Å². The summed E-state index contributed by atoms with van der Waals surface area (Å²) in [6.45, 7) is 1.62. The number of hydrogen-bond donors (Lipinski definition) is 1. The van der Waals surface area contributed by atoms with Gasteiger partial charge in [-0.05, 0) is 25.0 Å². The molecule has 0 amide bonds. The maximum absolute atomic E-state index is 12.0. The first-order chi connectivity index (χ1) is 7.63. The zero-order chi connectivity index (χ0) is 12.0. The van der Waals surface area contributed by atoms with Crippen LogP contribution >= 0.6 is 0 Å². The van der Waals surface area contributed by atoms with Crippen molar-refractivity contribution in [2.24, 2.45) is 0 Å². The van der Waals surface area contributed by atoms with Crippen LogP contribution in [0.1, 0.15) is 12.5 Å². The smallest absolute Gasteiger partial charge is 0.250 e. The summed E-state index contributed by atoms with van der Waals surface area (Å²) in [7, 11) is 1.61. The van der Waals surface area contributed by atoms with Crippen LogP contribution in [0.25, 0.3) is 0 Å². The van der Waals surface area contributed by atoms with Gasteiger partial charge in [0.25, 0.3) is 6.43 Å². The fraction of sp³-hybridized carbons (Fsp3) is 0.500. The van der Waals surface area contributed by atoms with E-state index in [0.29, 0.717) is 6.42 Å². The zero-order valence-electron chi connectivity index (χ0n) is 9.54. The van der Waals surface area contributed by atoms with Gasteiger partial charge in [0.15, 0.2) is 0 Å². The standard InChI is InChI=1S/C12H17F2NO/c1-9(15-8-12(13)14)7-10-5-3-4-6-11(10)16-2/h3-6,9,12,15H,7-8H2,1-2H3. The monoisotopic (exact) mass is 229 g/mol. The molecule has 0 saturated heterocycles. The van der Waals surface area contributed by atoms with E-state index in [4.69, 9.17) is 4.74 Å². The van der Waals surface area contributed by atoms with Crippen LogP contribution in [0.5, 0.6) is 5.75 Å². The highest BCUT2D eigenvalue weighted by Crippen LogP contribution is 2.18. The van der Waals surface area contributed by atoms with Gasteiger partial charge in [0.2, 0.25) is 0 Å². The number of alkyl halides is 2. The lowest BCUT2D eigenvalue weighted by molar-refractivity contribution is 0.142. The lowest BCUT2D eigenvalue weighted by atomic mass is 10.1. The Bertz CT molecular complexity index is 318. The zero-order valence-corrected chi connectivity index (χ0v) is 9.54. The lowest BCUT2D eigenvalue weighted by Crippen LogP contribution is -2.32. The molecule has 16 heavy (non-hydrogen) atoms. The van der Waals surface area contributed by atoms with Crippen LogP contribution in [0.4, 0.5) is 8.78 Å². The Morgan fingerprint density at radius 1 is 1.31 bits per heavy atom. The highest BCUT2D eigenvalue weighted by Gasteiger charge is 2.09. The van der Waals surface area contributed by atoms with E-state index in [-0.39, 0.29) is 12.6 Å². The maximum atomic E-state index is 12.0. The van der Waals surface area contributed by atoms with Gasteiger partial charge in [0.1, 0.15) is 5.75 Å². The third kappa shape index (κ3) is 4.14. The lowest BCUT2D eigenvalue weighted by Gasteiger charge is -2.15. The van der Waals surface area contributed by atoms with Crippen LogP contribution in [0.3, 0.4) is 0 Å². The van der Waals surface area contributed by atoms with E-state index < -0.39 is 6.43 Å². The van der Waals surface area contributed by atoms with Crippen molar-refractivity contribution in [3.05, 3.63) is 29.8 Å². The van der Waals surface area contributed by atoms with Gasteiger partial charge < -0.3 is 10.1 Å². The van der Waals surface area contributed by atoms with Gasteiger partial charge in [0.05, 0.1) is 13.7 Å². The Labute approximate surface area is 94.6 Å². The van der Waals surface area contributed by atoms with Crippen molar-refractivity contribution in [3.8, 4) is 5.75 Å². The molecule has 90 valence electrons. The molecule has 4 heteroatoms. The van der Waals surface area contributed by atoms with Crippen LogP contribution in [0.15, 0.2) is 24.3 Å². The third-order valence-corrected chi connectivity index (χ3v) is 2.34. The molecule has 1 N–H and O–H groups in total. The van der Waals surface area contributed by atoms with Gasteiger partial charge in [-0.3, -0.25) is 0 Å². The molecular formula is C12H17F2NO. The van der Waals surface area contributed by atoms with E-state index >= 15 is 0 Å². The summed E-state index contributed by atoms with van der Waals surface area (Å²) < 4.78 is 29.2. The Morgan fingerprint density at radius 3 is 2.62 bits per heavy atom. The molecule has 1 atom stereocenters. The van der Waals surface area contributed by atoms with Gasteiger partial charge in [-0.15, -0.1) is 0 Å². The molecule has 0 aliphatic rings. The van der Waals surface area contributed by atoms with Crippen molar-refractivity contribution in [2.45, 2.75) is 25.8 Å². The number of ether oxygens (including phenoxy) is 1. The molecule has 0 aliphatic carbocycles. The molecule has 1 aromatic rings. The molecule has 0 spiro atoms. The van der Waals surface area contributed by atoms with Crippen molar-refractivity contribution in [3.63, 3.8) is 0 Å². The molecule has 0 radical (unpaired) electrons. The van der Waals surface area contributed by atoms with E-state index in [9.17, 15) is 8.78 Å². The third-order valence-electron chi connectivity index (χ3n) is 2.34. The first-order valence-electron chi connectivity index (χ1n) is 5.27. The van der Waals surface area contributed by atoms with Crippen LogP contribution < -0.4 is 10.1 Å². The van der Waals surface area contributed by atoms with Crippen molar-refractivity contribution in [1.82, 2.24) is 5.32 Å². The predicted octanol–water partition coefficient (Wildman–Crippen LogP) is 2.48. The quantitative estimate of drug-likeness (QED) is 0.809. The molecule has 0 heterocycles. The van der Waals surface area contributed by atoms with Gasteiger partial charge in [0, 0.05) is 6.04 Å². The minimum atomic E-state index is -2.31. The molecule has 0 aliphatic heterocycles. The van der Waals surface area contributed by atoms with Crippen LogP contribution in [0.2, 0.25) is 0 Å². The Hall–Kier alpha value is -1.16. The summed E-state index contributed by atoms with van der Waals surface area (Å²) in [5.41, 5.74) is 1.03. The number of hydrogen-bond acceptors (Lipinski definition) is 2. The number of nitrogens with one attached hydrogen (secondary N) is 1. The van der Waals surface area contributed by atoms with Gasteiger partial charge in [-0.1, -0.05) is 18.2 Å². The van der Waals surface area contributed by atoms with Gasteiger partial charge >= 0.3 is 0 Å². The SMILES string of the molecule is COc1ccccc1CC(C)NCC(F)F. The van der Waals surface area contributed by atoms with Gasteiger partial charge in [-0.2, -0.15) is 0 Å². The second-order valence-corrected chi connectivity index (χ2v) is 3.72. The Balaban J connectivity index is 2.51. The molecule has 0 saturated carbocycles. The number of rotatable bonds is 6. The minimum Gasteiger partial charge on any atom is -0.496 e. The topological polar surface area (TPSA) is 21.3 Å². The summed E-state index contributed by atoms with van der Waals surface area (Å²) in [6, 6.07) is 7.62. The summed E-state index contributed by atoms with van der Waals surface area (Å²) in [5.74, 6) is 0.799. The number of benzene rings is 1. The van der Waals surface area contributed by atoms with Crippen molar-refractivity contribution >= 4 is 0 Å².